The molecule has 0 saturated heterocycles. The molecule has 0 saturated carbocycles. The first kappa shape index (κ1) is 21.4. The Hall–Kier alpha value is -3.85. The SMILES string of the molecule is COc1ccc(OCC(=O)NCCOc2ccc3nnc(-c4ccccc4Cl)n3n2)cc1. The van der Waals surface area contributed by atoms with Crippen molar-refractivity contribution in [2.24, 2.45) is 0 Å². The van der Waals surface area contributed by atoms with Crippen molar-refractivity contribution in [1.82, 2.24) is 25.1 Å². The van der Waals surface area contributed by atoms with Crippen molar-refractivity contribution in [2.45, 2.75) is 0 Å². The molecule has 1 amide bonds. The lowest BCUT2D eigenvalue weighted by Crippen LogP contribution is -2.32. The summed E-state index contributed by atoms with van der Waals surface area (Å²) in [5, 5.41) is 16.0. The molecular weight excluding hydrogens is 434 g/mol. The summed E-state index contributed by atoms with van der Waals surface area (Å²) < 4.78 is 17.7. The van der Waals surface area contributed by atoms with Gasteiger partial charge < -0.3 is 19.5 Å². The highest BCUT2D eigenvalue weighted by molar-refractivity contribution is 6.33. The van der Waals surface area contributed by atoms with Crippen LogP contribution in [-0.4, -0.2) is 52.6 Å². The van der Waals surface area contributed by atoms with E-state index in [1.165, 1.54) is 0 Å². The largest absolute Gasteiger partial charge is 0.497 e. The molecule has 4 aromatic rings. The van der Waals surface area contributed by atoms with E-state index in [0.29, 0.717) is 34.7 Å². The molecule has 0 atom stereocenters. The average molecular weight is 454 g/mol. The number of rotatable bonds is 9. The molecule has 2 aromatic carbocycles. The van der Waals surface area contributed by atoms with Gasteiger partial charge in [0.1, 0.15) is 18.1 Å². The third kappa shape index (κ3) is 5.06. The van der Waals surface area contributed by atoms with Gasteiger partial charge in [-0.2, -0.15) is 4.52 Å². The normalized spacial score (nSPS) is 10.7. The lowest BCUT2D eigenvalue weighted by molar-refractivity contribution is -0.123. The fourth-order valence-electron chi connectivity index (χ4n) is 2.88. The Balaban J connectivity index is 1.28. The van der Waals surface area contributed by atoms with Crippen LogP contribution in [0.25, 0.3) is 17.0 Å². The Morgan fingerprint density at radius 2 is 1.78 bits per heavy atom. The van der Waals surface area contributed by atoms with Crippen LogP contribution in [0.2, 0.25) is 5.02 Å². The van der Waals surface area contributed by atoms with Crippen molar-refractivity contribution >= 4 is 23.2 Å². The fourth-order valence-corrected chi connectivity index (χ4v) is 3.10. The molecule has 0 aliphatic rings. The number of nitrogens with one attached hydrogen (secondary N) is 1. The minimum atomic E-state index is -0.257. The summed E-state index contributed by atoms with van der Waals surface area (Å²) in [5.41, 5.74) is 1.28. The average Bonchev–Trinajstić information content (AvgIpc) is 3.24. The van der Waals surface area contributed by atoms with Gasteiger partial charge in [0.2, 0.25) is 5.88 Å². The number of carbonyl (C=O) groups is 1. The van der Waals surface area contributed by atoms with Gasteiger partial charge in [0.05, 0.1) is 18.7 Å². The molecule has 0 aliphatic heterocycles. The van der Waals surface area contributed by atoms with Gasteiger partial charge in [0.15, 0.2) is 18.1 Å². The molecule has 9 nitrogen and oxygen atoms in total. The highest BCUT2D eigenvalue weighted by Gasteiger charge is 2.13. The maximum absolute atomic E-state index is 12.0. The maximum atomic E-state index is 12.0. The molecule has 4 rings (SSSR count). The third-order valence-corrected chi connectivity index (χ3v) is 4.79. The van der Waals surface area contributed by atoms with Crippen molar-refractivity contribution in [3.05, 3.63) is 65.7 Å². The molecule has 0 aliphatic carbocycles. The predicted octanol–water partition coefficient (Wildman–Crippen LogP) is 3.03. The number of fused-ring (bicyclic) bond motifs is 1. The second-order valence-electron chi connectivity index (χ2n) is 6.61. The number of ether oxygens (including phenoxy) is 3. The number of carbonyl (C=O) groups excluding carboxylic acids is 1. The summed E-state index contributed by atoms with van der Waals surface area (Å²) in [6.45, 7) is 0.429. The highest BCUT2D eigenvalue weighted by Crippen LogP contribution is 2.26. The standard InChI is InChI=1S/C22H20ClN5O4/c1-30-15-6-8-16(9-7-15)32-14-20(29)24-12-13-31-21-11-10-19-25-26-22(28(19)27-21)17-4-2-3-5-18(17)23/h2-11H,12-14H2,1H3,(H,24,29). The van der Waals surface area contributed by atoms with Crippen LogP contribution in [-0.2, 0) is 4.79 Å². The first-order chi connectivity index (χ1) is 15.6. The molecule has 0 fully saturated rings. The number of methoxy groups -OCH3 is 1. The lowest BCUT2D eigenvalue weighted by Gasteiger charge is -2.09. The molecule has 2 heterocycles. The summed E-state index contributed by atoms with van der Waals surface area (Å²) >= 11 is 6.27. The first-order valence-electron chi connectivity index (χ1n) is 9.78. The lowest BCUT2D eigenvalue weighted by atomic mass is 10.2. The number of aromatic nitrogens is 4. The van der Waals surface area contributed by atoms with Crippen molar-refractivity contribution in [2.75, 3.05) is 26.9 Å². The Morgan fingerprint density at radius 1 is 1.00 bits per heavy atom. The van der Waals surface area contributed by atoms with Gasteiger partial charge in [0, 0.05) is 11.6 Å². The highest BCUT2D eigenvalue weighted by atomic mass is 35.5. The summed E-state index contributed by atoms with van der Waals surface area (Å²) in [4.78, 5) is 12.0. The minimum Gasteiger partial charge on any atom is -0.497 e. The van der Waals surface area contributed by atoms with Crippen LogP contribution in [0, 0.1) is 0 Å². The van der Waals surface area contributed by atoms with E-state index >= 15 is 0 Å². The zero-order valence-electron chi connectivity index (χ0n) is 17.2. The Labute approximate surface area is 188 Å². The Morgan fingerprint density at radius 3 is 2.56 bits per heavy atom. The maximum Gasteiger partial charge on any atom is 0.258 e. The number of benzene rings is 2. The number of nitrogens with zero attached hydrogens (tertiary/aromatic N) is 4. The minimum absolute atomic E-state index is 0.0988. The number of hydrogen-bond donors (Lipinski definition) is 1. The van der Waals surface area contributed by atoms with Crippen LogP contribution in [0.1, 0.15) is 0 Å². The number of halogens is 1. The smallest absolute Gasteiger partial charge is 0.258 e. The molecule has 2 aromatic heterocycles. The van der Waals surface area contributed by atoms with E-state index in [0.717, 1.165) is 11.3 Å². The Kier molecular flexibility index (Phi) is 6.66. The van der Waals surface area contributed by atoms with Crippen molar-refractivity contribution in [3.63, 3.8) is 0 Å². The van der Waals surface area contributed by atoms with Crippen molar-refractivity contribution in [3.8, 4) is 28.8 Å². The molecule has 10 heteroatoms. The number of hydrogen-bond acceptors (Lipinski definition) is 7. The summed E-state index contributed by atoms with van der Waals surface area (Å²) in [7, 11) is 1.59. The van der Waals surface area contributed by atoms with E-state index in [2.05, 4.69) is 20.6 Å². The van der Waals surface area contributed by atoms with Gasteiger partial charge in [-0.3, -0.25) is 4.79 Å². The summed E-state index contributed by atoms with van der Waals surface area (Å²) in [5.74, 6) is 1.93. The molecule has 0 spiro atoms. The molecule has 0 radical (unpaired) electrons. The molecular formula is C22H20ClN5O4. The van der Waals surface area contributed by atoms with Gasteiger partial charge in [0.25, 0.3) is 5.91 Å². The molecule has 1 N–H and O–H groups in total. The van der Waals surface area contributed by atoms with Crippen molar-refractivity contribution < 1.29 is 19.0 Å². The van der Waals surface area contributed by atoms with Crippen LogP contribution in [0.3, 0.4) is 0 Å². The van der Waals surface area contributed by atoms with E-state index < -0.39 is 0 Å². The summed E-state index contributed by atoms with van der Waals surface area (Å²) in [6.07, 6.45) is 0. The van der Waals surface area contributed by atoms with Crippen LogP contribution < -0.4 is 19.5 Å². The summed E-state index contributed by atoms with van der Waals surface area (Å²) in [6, 6.07) is 17.8. The monoisotopic (exact) mass is 453 g/mol. The zero-order valence-corrected chi connectivity index (χ0v) is 18.0. The molecule has 164 valence electrons. The number of amides is 1. The van der Waals surface area contributed by atoms with Crippen LogP contribution in [0.4, 0.5) is 0 Å². The Bertz CT molecular complexity index is 1210. The zero-order chi connectivity index (χ0) is 22.3. The van der Waals surface area contributed by atoms with Gasteiger partial charge in [-0.25, -0.2) is 0 Å². The quantitative estimate of drug-likeness (QED) is 0.389. The van der Waals surface area contributed by atoms with Gasteiger partial charge >= 0.3 is 0 Å². The fraction of sp³-hybridized carbons (Fsp3) is 0.182. The van der Waals surface area contributed by atoms with Gasteiger partial charge in [-0.05, 0) is 42.5 Å². The topological polar surface area (TPSA) is 99.9 Å². The molecule has 32 heavy (non-hydrogen) atoms. The van der Waals surface area contributed by atoms with E-state index in [-0.39, 0.29) is 19.1 Å². The third-order valence-electron chi connectivity index (χ3n) is 4.46. The predicted molar refractivity (Wildman–Crippen MR) is 118 cm³/mol. The van der Waals surface area contributed by atoms with E-state index in [4.69, 9.17) is 25.8 Å². The second-order valence-corrected chi connectivity index (χ2v) is 7.01. The second kappa shape index (κ2) is 9.97. The van der Waals surface area contributed by atoms with E-state index in [1.54, 1.807) is 54.1 Å². The van der Waals surface area contributed by atoms with Gasteiger partial charge in [-0.1, -0.05) is 23.7 Å². The molecule has 0 unspecified atom stereocenters. The first-order valence-corrected chi connectivity index (χ1v) is 10.2. The van der Waals surface area contributed by atoms with E-state index in [1.807, 2.05) is 18.2 Å². The van der Waals surface area contributed by atoms with Crippen molar-refractivity contribution in [1.29, 1.82) is 0 Å². The molecule has 0 bridgehead atoms. The van der Waals surface area contributed by atoms with Crippen LogP contribution >= 0.6 is 11.6 Å². The van der Waals surface area contributed by atoms with Crippen LogP contribution in [0.15, 0.2) is 60.7 Å². The van der Waals surface area contributed by atoms with Crippen LogP contribution in [0.5, 0.6) is 17.4 Å². The van der Waals surface area contributed by atoms with E-state index in [9.17, 15) is 4.79 Å². The van der Waals surface area contributed by atoms with Gasteiger partial charge in [-0.15, -0.1) is 15.3 Å².